The van der Waals surface area contributed by atoms with E-state index in [0.717, 1.165) is 6.54 Å². The average molecular weight is 724 g/mol. The van der Waals surface area contributed by atoms with Crippen LogP contribution in [0, 0.1) is 6.92 Å². The van der Waals surface area contributed by atoms with Crippen molar-refractivity contribution in [2.24, 2.45) is 7.05 Å². The van der Waals surface area contributed by atoms with Crippen molar-refractivity contribution in [3.63, 3.8) is 0 Å². The zero-order valence-corrected chi connectivity index (χ0v) is 24.4. The van der Waals surface area contributed by atoms with Crippen LogP contribution in [0.1, 0.15) is 12.7 Å². The van der Waals surface area contributed by atoms with Crippen molar-refractivity contribution in [1.82, 2.24) is 4.57 Å². The predicted octanol–water partition coefficient (Wildman–Crippen LogP) is 0.301. The van der Waals surface area contributed by atoms with Crippen LogP contribution in [0.4, 0.5) is 25.2 Å². The van der Waals surface area contributed by atoms with Gasteiger partial charge in [-0.2, -0.15) is 4.20 Å². The molecule has 1 unspecified atom stereocenters. The fourth-order valence-electron chi connectivity index (χ4n) is 0.933. The van der Waals surface area contributed by atoms with E-state index < -0.39 is 47.4 Å². The molecule has 20 nitrogen and oxygen atoms in total. The molecule has 0 bridgehead atoms. The lowest BCUT2D eigenvalue weighted by atomic mass is 10.6. The van der Waals surface area contributed by atoms with E-state index in [-0.39, 0.29) is 0 Å². The Morgan fingerprint density at radius 2 is 0.821 bits per heavy atom. The maximum Gasteiger partial charge on any atom is 0.507 e. The Kier molecular flexibility index (Phi) is 29.4. The summed E-state index contributed by atoms with van der Waals surface area (Å²) in [6.07, 6.45) is 4.16. The zero-order chi connectivity index (χ0) is 33.9. The molecule has 0 radical (unpaired) electrons. The Hall–Kier alpha value is -0.310. The molecular weight excluding hydrogens is 700 g/mol. The molecule has 32 heteroatoms. The van der Waals surface area contributed by atoms with Gasteiger partial charge in [-0.15, -0.1) is 21.0 Å². The van der Waals surface area contributed by atoms with Gasteiger partial charge in [-0.3, -0.25) is 53.5 Å². The number of nitrogens with zero attached hydrogens (tertiary/aromatic N) is 2. The maximum atomic E-state index is 10.4. The molecule has 0 amide bonds. The quantitative estimate of drug-likeness (QED) is 0.105. The van der Waals surface area contributed by atoms with Gasteiger partial charge in [-0.05, 0) is 6.92 Å². The van der Waals surface area contributed by atoms with Crippen LogP contribution in [0.15, 0.2) is 12.4 Å². The minimum atomic E-state index is -5.39. The number of hydrogen-bond acceptors (Lipinski definition) is 7. The van der Waals surface area contributed by atoms with Gasteiger partial charge in [0.2, 0.25) is 0 Å². The molecular formula is C7H24F6N2O18P6. The average Bonchev–Trinajstić information content (AvgIpc) is 2.76. The number of hydrogen-bond donors (Lipinski definition) is 11. The highest BCUT2D eigenvalue weighted by atomic mass is 31.2. The van der Waals surface area contributed by atoms with Crippen LogP contribution in [-0.2, 0) is 41.0 Å². The lowest BCUT2D eigenvalue weighted by molar-refractivity contribution is -0.677. The van der Waals surface area contributed by atoms with Crippen molar-refractivity contribution in [3.05, 3.63) is 18.2 Å². The third-order valence-electron chi connectivity index (χ3n) is 1.74. The van der Waals surface area contributed by atoms with E-state index >= 15 is 0 Å². The van der Waals surface area contributed by atoms with Gasteiger partial charge in [0.1, 0.15) is 12.4 Å². The van der Waals surface area contributed by atoms with E-state index in [1.807, 2.05) is 0 Å². The van der Waals surface area contributed by atoms with E-state index in [2.05, 4.69) is 42.4 Å². The Balaban J connectivity index is -0.0000000830. The summed E-state index contributed by atoms with van der Waals surface area (Å²) in [6, 6.07) is 0. The maximum absolute atomic E-state index is 10.4. The van der Waals surface area contributed by atoms with Crippen LogP contribution in [-0.4, -0.2) is 58.4 Å². The second-order valence-electron chi connectivity index (χ2n) is 5.06. The van der Waals surface area contributed by atoms with Crippen molar-refractivity contribution in [2.45, 2.75) is 20.4 Å². The monoisotopic (exact) mass is 724 g/mol. The molecule has 0 saturated heterocycles. The smallest absolute Gasteiger partial charge is 0.507 e. The SMILES string of the molecule is CCn1cc[n+](C)c1C.O=P(O)(O)F.O=P(O)(O)F.O=P(O)(O)F.O=P(O)(O)F.O=P(O)(O)F.O=P([O-])(O)F. The summed E-state index contributed by atoms with van der Waals surface area (Å²) in [6.45, 7) is 5.32. The second kappa shape index (κ2) is 22.3. The summed E-state index contributed by atoms with van der Waals surface area (Å²) in [5, 5.41) is 0. The van der Waals surface area contributed by atoms with E-state index in [1.54, 1.807) is 0 Å². The predicted molar refractivity (Wildman–Crippen MR) is 113 cm³/mol. The van der Waals surface area contributed by atoms with E-state index in [1.165, 1.54) is 5.82 Å². The lowest BCUT2D eigenvalue weighted by Crippen LogP contribution is -2.29. The summed E-state index contributed by atoms with van der Waals surface area (Å²) in [5.74, 6) is 1.30. The molecule has 1 aromatic heterocycles. The second-order valence-corrected chi connectivity index (χ2v) is 10.7. The van der Waals surface area contributed by atoms with E-state index in [9.17, 15) is 25.2 Å². The van der Waals surface area contributed by atoms with Crippen molar-refractivity contribution in [3.8, 4) is 0 Å². The number of aryl methyl sites for hydroxylation is 2. The number of halogens is 6. The van der Waals surface area contributed by atoms with Gasteiger partial charge >= 0.3 is 47.4 Å². The Morgan fingerprint density at radius 1 is 0.667 bits per heavy atom. The highest BCUT2D eigenvalue weighted by Gasteiger charge is 2.07. The first-order chi connectivity index (χ1) is 16.3. The number of imidazole rings is 1. The third-order valence-corrected chi connectivity index (χ3v) is 1.74. The number of rotatable bonds is 1. The third kappa shape index (κ3) is 222. The molecule has 1 aromatic rings. The summed E-state index contributed by atoms with van der Waals surface area (Å²) < 4.78 is 118. The highest BCUT2D eigenvalue weighted by molar-refractivity contribution is 7.46. The first-order valence-electron chi connectivity index (χ1n) is 7.76. The normalized spacial score (nSPS) is 12.6. The van der Waals surface area contributed by atoms with Crippen LogP contribution in [0.5, 0.6) is 0 Å². The molecule has 1 heterocycles. The van der Waals surface area contributed by atoms with Crippen LogP contribution >= 0.6 is 47.4 Å². The largest absolute Gasteiger partial charge is 0.753 e. The first kappa shape index (κ1) is 51.4. The summed E-state index contributed by atoms with van der Waals surface area (Å²) >= 11 is 0. The summed E-state index contributed by atoms with van der Waals surface area (Å²) in [7, 11) is -29.0. The van der Waals surface area contributed by atoms with E-state index in [4.69, 9.17) is 86.1 Å². The lowest BCUT2D eigenvalue weighted by Gasteiger charge is -1.97. The number of aromatic nitrogens is 2. The molecule has 0 spiro atoms. The van der Waals surface area contributed by atoms with Crippen LogP contribution in [0.3, 0.4) is 0 Å². The molecule has 1 atom stereocenters. The fraction of sp³-hybridized carbons (Fsp3) is 0.571. The zero-order valence-electron chi connectivity index (χ0n) is 19.0. The van der Waals surface area contributed by atoms with Crippen molar-refractivity contribution in [2.75, 3.05) is 0 Å². The minimum absolute atomic E-state index is 1.06. The summed E-state index contributed by atoms with van der Waals surface area (Å²) in [5.41, 5.74) is 0. The fourth-order valence-corrected chi connectivity index (χ4v) is 0.933. The molecule has 0 aliphatic rings. The van der Waals surface area contributed by atoms with Gasteiger partial charge in [0.05, 0.1) is 13.6 Å². The molecule has 0 fully saturated rings. The van der Waals surface area contributed by atoms with Gasteiger partial charge in [0.15, 0.2) is 0 Å². The Morgan fingerprint density at radius 3 is 0.872 bits per heavy atom. The topological polar surface area (TPSA) is 357 Å². The molecule has 0 aliphatic heterocycles. The van der Waals surface area contributed by atoms with Crippen molar-refractivity contribution < 1.29 is 116 Å². The molecule has 39 heavy (non-hydrogen) atoms. The van der Waals surface area contributed by atoms with Crippen molar-refractivity contribution >= 4 is 47.4 Å². The minimum Gasteiger partial charge on any atom is -0.753 e. The first-order valence-corrected chi connectivity index (χ1v) is 16.7. The highest BCUT2D eigenvalue weighted by Crippen LogP contribution is 2.36. The Labute approximate surface area is 214 Å². The Bertz CT molecular complexity index is 846. The van der Waals surface area contributed by atoms with Crippen molar-refractivity contribution in [1.29, 1.82) is 0 Å². The molecule has 0 aliphatic carbocycles. The van der Waals surface area contributed by atoms with Gasteiger partial charge in [0.25, 0.3) is 5.82 Å². The van der Waals surface area contributed by atoms with Gasteiger partial charge < -0.3 is 9.79 Å². The molecule has 242 valence electrons. The van der Waals surface area contributed by atoms with E-state index in [0.29, 0.717) is 0 Å². The molecule has 1 rings (SSSR count). The molecule has 0 aromatic carbocycles. The van der Waals surface area contributed by atoms with Crippen LogP contribution in [0.2, 0.25) is 0 Å². The van der Waals surface area contributed by atoms with Gasteiger partial charge in [0, 0.05) is 6.92 Å². The van der Waals surface area contributed by atoms with Crippen LogP contribution in [0.25, 0.3) is 0 Å². The van der Waals surface area contributed by atoms with Gasteiger partial charge in [-0.1, -0.05) is 0 Å². The molecule has 11 N–H and O–H groups in total. The summed E-state index contributed by atoms with van der Waals surface area (Å²) in [4.78, 5) is 85.1. The standard InChI is InChI=1S/C7H13N2.6FH2O3P/c1-4-9-6-5-8(3)7(9)2;6*1-5(2,3)4/h5-6H,4H2,1-3H3;6*(H2,2,3,4)/q+1;;;;;;/p-1. The molecule has 0 saturated carbocycles. The van der Waals surface area contributed by atoms with Gasteiger partial charge in [-0.25, -0.2) is 32.0 Å². The van der Waals surface area contributed by atoms with Crippen LogP contribution < -0.4 is 9.46 Å².